The first-order chi connectivity index (χ1) is 8.31. The van der Waals surface area contributed by atoms with Crippen LogP contribution < -0.4 is 10.6 Å². The van der Waals surface area contributed by atoms with Gasteiger partial charge >= 0.3 is 12.0 Å². The number of amides is 2. The van der Waals surface area contributed by atoms with Gasteiger partial charge in [0.2, 0.25) is 0 Å². The van der Waals surface area contributed by atoms with Gasteiger partial charge in [0.1, 0.15) is 17.7 Å². The number of hydrogen-bond donors (Lipinski definition) is 3. The molecule has 1 aromatic rings. The highest BCUT2D eigenvalue weighted by Crippen LogP contribution is 2.18. The van der Waals surface area contributed by atoms with Crippen LogP contribution in [0.25, 0.3) is 0 Å². The van der Waals surface area contributed by atoms with Crippen molar-refractivity contribution in [3.63, 3.8) is 0 Å². The molecule has 18 heavy (non-hydrogen) atoms. The van der Waals surface area contributed by atoms with E-state index in [1.165, 1.54) is 13.8 Å². The summed E-state index contributed by atoms with van der Waals surface area (Å²) in [5.74, 6) is -2.70. The van der Waals surface area contributed by atoms with Gasteiger partial charge < -0.3 is 15.7 Å². The van der Waals surface area contributed by atoms with Gasteiger partial charge in [-0.1, -0.05) is 0 Å². The van der Waals surface area contributed by atoms with Crippen molar-refractivity contribution in [3.8, 4) is 0 Å². The van der Waals surface area contributed by atoms with Crippen molar-refractivity contribution in [2.75, 3.05) is 5.32 Å². The van der Waals surface area contributed by atoms with Crippen molar-refractivity contribution >= 4 is 17.7 Å². The Balaban J connectivity index is 2.76. The van der Waals surface area contributed by atoms with Gasteiger partial charge in [0.05, 0.1) is 5.69 Å². The van der Waals surface area contributed by atoms with E-state index in [1.54, 1.807) is 0 Å². The van der Waals surface area contributed by atoms with Crippen molar-refractivity contribution in [2.24, 2.45) is 0 Å². The number of anilines is 1. The number of carbonyl (C=O) groups is 2. The Bertz CT molecular complexity index is 491. The molecule has 5 nitrogen and oxygen atoms in total. The minimum atomic E-state index is -1.24. The fourth-order valence-corrected chi connectivity index (χ4v) is 1.16. The molecule has 1 aromatic carbocycles. The monoisotopic (exact) mass is 258 g/mol. The quantitative estimate of drug-likeness (QED) is 0.774. The maximum atomic E-state index is 13.4. The number of benzene rings is 1. The summed E-state index contributed by atoms with van der Waals surface area (Å²) in [4.78, 5) is 21.8. The molecular weight excluding hydrogens is 246 g/mol. The Morgan fingerprint density at radius 3 is 2.44 bits per heavy atom. The number of aliphatic carboxylic acids is 1. The number of aryl methyl sites for hydroxylation is 1. The Kier molecular flexibility index (Phi) is 4.19. The van der Waals surface area contributed by atoms with E-state index in [9.17, 15) is 18.4 Å². The van der Waals surface area contributed by atoms with Gasteiger partial charge in [0, 0.05) is 6.07 Å². The van der Waals surface area contributed by atoms with Crippen molar-refractivity contribution in [3.05, 3.63) is 29.3 Å². The summed E-state index contributed by atoms with van der Waals surface area (Å²) in [5, 5.41) is 12.6. The van der Waals surface area contributed by atoms with E-state index in [0.29, 0.717) is 0 Å². The third-order valence-corrected chi connectivity index (χ3v) is 2.21. The van der Waals surface area contributed by atoms with Gasteiger partial charge in [-0.15, -0.1) is 0 Å². The molecule has 98 valence electrons. The minimum Gasteiger partial charge on any atom is -0.480 e. The van der Waals surface area contributed by atoms with Crippen LogP contribution in [0.4, 0.5) is 19.3 Å². The summed E-state index contributed by atoms with van der Waals surface area (Å²) in [7, 11) is 0. The molecule has 7 heteroatoms. The number of halogens is 2. The molecule has 1 atom stereocenters. The number of carboxylic acid groups (broad SMARTS) is 1. The molecule has 0 heterocycles. The average molecular weight is 258 g/mol. The zero-order chi connectivity index (χ0) is 13.9. The van der Waals surface area contributed by atoms with Crippen LogP contribution in [0.2, 0.25) is 0 Å². The topological polar surface area (TPSA) is 78.4 Å². The average Bonchev–Trinajstić information content (AvgIpc) is 2.25. The highest BCUT2D eigenvalue weighted by molar-refractivity contribution is 5.92. The third-order valence-electron chi connectivity index (χ3n) is 2.21. The van der Waals surface area contributed by atoms with E-state index in [-0.39, 0.29) is 11.3 Å². The van der Waals surface area contributed by atoms with Crippen LogP contribution in [0.5, 0.6) is 0 Å². The Morgan fingerprint density at radius 2 is 1.89 bits per heavy atom. The number of hydrogen-bond acceptors (Lipinski definition) is 2. The third kappa shape index (κ3) is 3.41. The lowest BCUT2D eigenvalue weighted by Crippen LogP contribution is -2.41. The van der Waals surface area contributed by atoms with Crippen LogP contribution in [-0.4, -0.2) is 23.1 Å². The summed E-state index contributed by atoms with van der Waals surface area (Å²) in [6.45, 7) is 2.63. The molecule has 0 radical (unpaired) electrons. The fourth-order valence-electron chi connectivity index (χ4n) is 1.16. The Morgan fingerprint density at radius 1 is 1.28 bits per heavy atom. The van der Waals surface area contributed by atoms with Gasteiger partial charge in [0.15, 0.2) is 0 Å². The van der Waals surface area contributed by atoms with Crippen LogP contribution in [-0.2, 0) is 4.79 Å². The lowest BCUT2D eigenvalue weighted by molar-refractivity contribution is -0.138. The van der Waals surface area contributed by atoms with E-state index in [1.807, 2.05) is 5.32 Å². The van der Waals surface area contributed by atoms with Crippen molar-refractivity contribution in [1.29, 1.82) is 0 Å². The molecule has 0 saturated heterocycles. The SMILES string of the molecule is Cc1cc(F)c(NC(=O)N[C@H](C)C(=O)O)cc1F. The fraction of sp³-hybridized carbons (Fsp3) is 0.273. The largest absolute Gasteiger partial charge is 0.480 e. The van der Waals surface area contributed by atoms with Gasteiger partial charge in [-0.2, -0.15) is 0 Å². The zero-order valence-electron chi connectivity index (χ0n) is 9.75. The normalized spacial score (nSPS) is 11.8. The lowest BCUT2D eigenvalue weighted by atomic mass is 10.2. The number of urea groups is 1. The molecule has 0 fully saturated rings. The molecule has 2 amide bonds. The molecule has 3 N–H and O–H groups in total. The Labute approximate surface area is 102 Å². The van der Waals surface area contributed by atoms with E-state index in [4.69, 9.17) is 5.11 Å². The maximum absolute atomic E-state index is 13.4. The van der Waals surface area contributed by atoms with Gasteiger partial charge in [-0.25, -0.2) is 13.6 Å². The molecule has 0 bridgehead atoms. The smallest absolute Gasteiger partial charge is 0.325 e. The molecule has 0 spiro atoms. The van der Waals surface area contributed by atoms with E-state index in [2.05, 4.69) is 5.32 Å². The highest BCUT2D eigenvalue weighted by atomic mass is 19.1. The van der Waals surface area contributed by atoms with Crippen LogP contribution in [0.15, 0.2) is 12.1 Å². The van der Waals surface area contributed by atoms with Crippen LogP contribution in [0.3, 0.4) is 0 Å². The predicted molar refractivity (Wildman–Crippen MR) is 60.3 cm³/mol. The summed E-state index contributed by atoms with van der Waals surface area (Å²) >= 11 is 0. The Hall–Kier alpha value is -2.18. The molecule has 0 unspecified atom stereocenters. The molecule has 0 aliphatic carbocycles. The van der Waals surface area contributed by atoms with E-state index >= 15 is 0 Å². The first kappa shape index (κ1) is 13.9. The summed E-state index contributed by atoms with van der Waals surface area (Å²) in [6, 6.07) is -0.295. The number of nitrogens with one attached hydrogen (secondary N) is 2. The summed E-state index contributed by atoms with van der Waals surface area (Å²) in [6.07, 6.45) is 0. The first-order valence-electron chi connectivity index (χ1n) is 5.07. The molecule has 0 aliphatic heterocycles. The molecule has 0 aliphatic rings. The number of carboxylic acids is 1. The number of rotatable bonds is 3. The maximum Gasteiger partial charge on any atom is 0.325 e. The molecule has 0 saturated carbocycles. The van der Waals surface area contributed by atoms with Crippen molar-refractivity contribution < 1.29 is 23.5 Å². The van der Waals surface area contributed by atoms with Crippen LogP contribution in [0, 0.1) is 18.6 Å². The second-order valence-electron chi connectivity index (χ2n) is 3.74. The van der Waals surface area contributed by atoms with Crippen molar-refractivity contribution in [2.45, 2.75) is 19.9 Å². The molecule has 0 aromatic heterocycles. The highest BCUT2D eigenvalue weighted by Gasteiger charge is 2.15. The molecular formula is C11H12F2N2O3. The lowest BCUT2D eigenvalue weighted by Gasteiger charge is -2.11. The standard InChI is InChI=1S/C11H12F2N2O3/c1-5-3-8(13)9(4-7(5)12)15-11(18)14-6(2)10(16)17/h3-4,6H,1-2H3,(H,16,17)(H2,14,15,18)/t6-/m1/s1. The van der Waals surface area contributed by atoms with Gasteiger partial charge in [-0.3, -0.25) is 4.79 Å². The second-order valence-corrected chi connectivity index (χ2v) is 3.74. The first-order valence-corrected chi connectivity index (χ1v) is 5.07. The van der Waals surface area contributed by atoms with Crippen molar-refractivity contribution in [1.82, 2.24) is 5.32 Å². The second kappa shape index (κ2) is 5.44. The molecule has 1 rings (SSSR count). The zero-order valence-corrected chi connectivity index (χ0v) is 9.75. The van der Waals surface area contributed by atoms with Crippen LogP contribution >= 0.6 is 0 Å². The minimum absolute atomic E-state index is 0.109. The van der Waals surface area contributed by atoms with Gasteiger partial charge in [-0.05, 0) is 25.5 Å². The van der Waals surface area contributed by atoms with E-state index < -0.39 is 29.7 Å². The number of carbonyl (C=O) groups excluding carboxylic acids is 1. The van der Waals surface area contributed by atoms with E-state index in [0.717, 1.165) is 12.1 Å². The summed E-state index contributed by atoms with van der Waals surface area (Å²) in [5.41, 5.74) is -0.245. The van der Waals surface area contributed by atoms with Gasteiger partial charge in [0.25, 0.3) is 0 Å². The predicted octanol–water partition coefficient (Wildman–Crippen LogP) is 1.87. The van der Waals surface area contributed by atoms with Crippen LogP contribution in [0.1, 0.15) is 12.5 Å². The summed E-state index contributed by atoms with van der Waals surface area (Å²) < 4.78 is 26.5.